The molecular formula is C13H10F2N4O2S. The molecule has 0 saturated carbocycles. The Morgan fingerprint density at radius 1 is 1.18 bits per heavy atom. The van der Waals surface area contributed by atoms with Crippen LogP contribution in [0.5, 0.6) is 0 Å². The summed E-state index contributed by atoms with van der Waals surface area (Å²) in [4.78, 5) is 5.04. The van der Waals surface area contributed by atoms with E-state index < -0.39 is 26.6 Å². The van der Waals surface area contributed by atoms with Crippen LogP contribution in [0.1, 0.15) is 0 Å². The van der Waals surface area contributed by atoms with Crippen molar-refractivity contribution in [1.29, 1.82) is 0 Å². The van der Waals surface area contributed by atoms with E-state index in [-0.39, 0.29) is 11.6 Å². The Morgan fingerprint density at radius 2 is 1.91 bits per heavy atom. The third-order valence-electron chi connectivity index (χ3n) is 3.06. The van der Waals surface area contributed by atoms with Crippen molar-refractivity contribution in [3.63, 3.8) is 0 Å². The first-order valence-corrected chi connectivity index (χ1v) is 7.58. The maximum Gasteiger partial charge on any atom is 0.287 e. The van der Waals surface area contributed by atoms with Crippen LogP contribution in [0, 0.1) is 11.6 Å². The van der Waals surface area contributed by atoms with Gasteiger partial charge < -0.3 is 5.32 Å². The van der Waals surface area contributed by atoms with E-state index in [1.54, 1.807) is 25.2 Å². The fourth-order valence-electron chi connectivity index (χ4n) is 1.95. The van der Waals surface area contributed by atoms with Gasteiger partial charge in [-0.15, -0.1) is 4.40 Å². The number of halogens is 2. The Morgan fingerprint density at radius 3 is 2.59 bits per heavy atom. The van der Waals surface area contributed by atoms with Crippen LogP contribution in [0.3, 0.4) is 0 Å². The lowest BCUT2D eigenvalue weighted by atomic mass is 10.3. The summed E-state index contributed by atoms with van der Waals surface area (Å²) in [5.41, 5.74) is -0.0771. The van der Waals surface area contributed by atoms with E-state index in [0.717, 1.165) is 6.07 Å². The number of nitrogens with zero attached hydrogens (tertiary/aromatic N) is 3. The second kappa shape index (κ2) is 5.02. The van der Waals surface area contributed by atoms with Gasteiger partial charge in [0, 0.05) is 19.3 Å². The van der Waals surface area contributed by atoms with Crippen LogP contribution in [0.25, 0.3) is 0 Å². The Hall–Kier alpha value is -2.55. The lowest BCUT2D eigenvalue weighted by molar-refractivity contribution is 0.505. The molecule has 0 unspecified atom stereocenters. The minimum absolute atomic E-state index is 0.0581. The zero-order chi connectivity index (χ0) is 15.9. The number of hydrogen-bond donors (Lipinski definition) is 1. The predicted molar refractivity (Wildman–Crippen MR) is 77.2 cm³/mol. The number of anilines is 2. The Balaban J connectivity index is 2.07. The molecule has 114 valence electrons. The SMILES string of the molecule is CN(C1=NS(=O)(=O)c2cc(F)c(F)cc2N1)c1ccccn1. The summed E-state index contributed by atoms with van der Waals surface area (Å²) in [5.74, 6) is -2.02. The van der Waals surface area contributed by atoms with Gasteiger partial charge in [0.2, 0.25) is 5.96 Å². The molecule has 2 heterocycles. The summed E-state index contributed by atoms with van der Waals surface area (Å²) in [6, 6.07) is 6.46. The molecule has 0 radical (unpaired) electrons. The van der Waals surface area contributed by atoms with Crippen LogP contribution in [0.4, 0.5) is 20.3 Å². The van der Waals surface area contributed by atoms with Gasteiger partial charge in [0.1, 0.15) is 10.7 Å². The molecule has 1 N–H and O–H groups in total. The van der Waals surface area contributed by atoms with Gasteiger partial charge in [0.05, 0.1) is 5.69 Å². The van der Waals surface area contributed by atoms with Crippen LogP contribution in [-0.4, -0.2) is 26.4 Å². The Bertz CT molecular complexity index is 869. The third kappa shape index (κ3) is 2.39. The van der Waals surface area contributed by atoms with Crippen molar-refractivity contribution in [1.82, 2.24) is 4.98 Å². The standard InChI is InChI=1S/C13H10F2N4O2S/c1-19(12-4-2-3-5-16-12)13-17-10-6-8(14)9(15)7-11(10)22(20,21)18-13/h2-7H,1H3,(H,17,18). The molecule has 0 spiro atoms. The van der Waals surface area contributed by atoms with Crippen molar-refractivity contribution in [2.45, 2.75) is 4.90 Å². The summed E-state index contributed by atoms with van der Waals surface area (Å²) in [6.45, 7) is 0. The van der Waals surface area contributed by atoms with E-state index in [2.05, 4.69) is 14.7 Å². The molecule has 1 aliphatic heterocycles. The van der Waals surface area contributed by atoms with Gasteiger partial charge in [-0.2, -0.15) is 8.42 Å². The van der Waals surface area contributed by atoms with Crippen LogP contribution in [-0.2, 0) is 10.0 Å². The van der Waals surface area contributed by atoms with Gasteiger partial charge >= 0.3 is 0 Å². The molecule has 6 nitrogen and oxygen atoms in total. The highest BCUT2D eigenvalue weighted by Gasteiger charge is 2.29. The molecule has 1 aromatic carbocycles. The van der Waals surface area contributed by atoms with E-state index in [4.69, 9.17) is 0 Å². The second-order valence-corrected chi connectivity index (χ2v) is 6.10. The van der Waals surface area contributed by atoms with E-state index in [1.807, 2.05) is 0 Å². The molecule has 0 saturated heterocycles. The smallest absolute Gasteiger partial charge is 0.287 e. The number of rotatable bonds is 1. The van der Waals surface area contributed by atoms with Gasteiger partial charge in [0.15, 0.2) is 11.6 Å². The van der Waals surface area contributed by atoms with Gasteiger partial charge in [-0.05, 0) is 18.2 Å². The number of fused-ring (bicyclic) bond motifs is 1. The van der Waals surface area contributed by atoms with Crippen molar-refractivity contribution < 1.29 is 17.2 Å². The summed E-state index contributed by atoms with van der Waals surface area (Å²) in [5, 5.41) is 2.67. The molecule has 22 heavy (non-hydrogen) atoms. The number of aromatic nitrogens is 1. The average molecular weight is 324 g/mol. The second-order valence-electron chi connectivity index (χ2n) is 4.52. The van der Waals surface area contributed by atoms with Crippen LogP contribution < -0.4 is 10.2 Å². The van der Waals surface area contributed by atoms with Gasteiger partial charge in [-0.1, -0.05) is 6.07 Å². The fourth-order valence-corrected chi connectivity index (χ4v) is 3.09. The molecule has 0 atom stereocenters. The minimum Gasteiger partial charge on any atom is -0.324 e. The number of sulfonamides is 1. The van der Waals surface area contributed by atoms with Gasteiger partial charge in [-0.3, -0.25) is 4.90 Å². The molecule has 1 aromatic heterocycles. The first kappa shape index (κ1) is 14.4. The molecule has 0 aliphatic carbocycles. The normalized spacial score (nSPS) is 15.5. The van der Waals surface area contributed by atoms with Crippen LogP contribution in [0.2, 0.25) is 0 Å². The van der Waals surface area contributed by atoms with Crippen molar-refractivity contribution in [2.75, 3.05) is 17.3 Å². The number of pyridine rings is 1. The minimum atomic E-state index is -4.13. The molecular weight excluding hydrogens is 314 g/mol. The maximum atomic E-state index is 13.3. The highest BCUT2D eigenvalue weighted by molar-refractivity contribution is 7.90. The number of nitrogens with one attached hydrogen (secondary N) is 1. The molecule has 9 heteroatoms. The Kier molecular flexibility index (Phi) is 3.28. The van der Waals surface area contributed by atoms with E-state index >= 15 is 0 Å². The van der Waals surface area contributed by atoms with Gasteiger partial charge in [0.25, 0.3) is 10.0 Å². The lowest BCUT2D eigenvalue weighted by Crippen LogP contribution is -2.37. The van der Waals surface area contributed by atoms with E-state index in [0.29, 0.717) is 11.9 Å². The number of hydrogen-bond acceptors (Lipinski definition) is 5. The lowest BCUT2D eigenvalue weighted by Gasteiger charge is -2.25. The summed E-state index contributed by atoms with van der Waals surface area (Å²) >= 11 is 0. The first-order chi connectivity index (χ1) is 10.4. The number of benzene rings is 1. The summed E-state index contributed by atoms with van der Waals surface area (Å²) < 4.78 is 54.4. The fraction of sp³-hybridized carbons (Fsp3) is 0.0769. The number of guanidine groups is 1. The molecule has 0 fully saturated rings. The average Bonchev–Trinajstić information content (AvgIpc) is 2.49. The molecule has 1 aliphatic rings. The topological polar surface area (TPSA) is 74.7 Å². The molecule has 2 aromatic rings. The largest absolute Gasteiger partial charge is 0.324 e. The predicted octanol–water partition coefficient (Wildman–Crippen LogP) is 1.97. The van der Waals surface area contributed by atoms with Crippen molar-refractivity contribution in [3.05, 3.63) is 48.2 Å². The zero-order valence-electron chi connectivity index (χ0n) is 11.3. The zero-order valence-corrected chi connectivity index (χ0v) is 12.1. The quantitative estimate of drug-likeness (QED) is 0.868. The molecule has 0 bridgehead atoms. The highest BCUT2D eigenvalue weighted by atomic mass is 32.2. The van der Waals surface area contributed by atoms with Crippen molar-refractivity contribution in [2.24, 2.45) is 4.40 Å². The summed E-state index contributed by atoms with van der Waals surface area (Å²) in [6.07, 6.45) is 1.53. The maximum absolute atomic E-state index is 13.3. The van der Waals surface area contributed by atoms with Crippen molar-refractivity contribution >= 4 is 27.5 Å². The third-order valence-corrected chi connectivity index (χ3v) is 4.37. The molecule has 0 amide bonds. The molecule has 3 rings (SSSR count). The first-order valence-electron chi connectivity index (χ1n) is 6.14. The monoisotopic (exact) mass is 324 g/mol. The van der Waals surface area contributed by atoms with E-state index in [9.17, 15) is 17.2 Å². The summed E-state index contributed by atoms with van der Waals surface area (Å²) in [7, 11) is -2.58. The van der Waals surface area contributed by atoms with Gasteiger partial charge in [-0.25, -0.2) is 13.8 Å². The van der Waals surface area contributed by atoms with Crippen LogP contribution in [0.15, 0.2) is 45.8 Å². The Labute approximate surface area is 125 Å². The van der Waals surface area contributed by atoms with E-state index in [1.165, 1.54) is 11.1 Å². The highest BCUT2D eigenvalue weighted by Crippen LogP contribution is 2.30. The van der Waals surface area contributed by atoms with Crippen molar-refractivity contribution in [3.8, 4) is 0 Å². The van der Waals surface area contributed by atoms with Crippen LogP contribution >= 0.6 is 0 Å².